The molecule has 0 radical (unpaired) electrons. The van der Waals surface area contributed by atoms with E-state index in [1.807, 2.05) is 0 Å². The molecule has 2 fully saturated rings. The Labute approximate surface area is 209 Å². The lowest BCUT2D eigenvalue weighted by Gasteiger charge is -2.35. The number of carbonyl (C=O) groups excluding carboxylic acids is 2. The molecule has 1 heterocycles. The molecular formula is C24H37F4N5O3. The van der Waals surface area contributed by atoms with Gasteiger partial charge < -0.3 is 15.0 Å². The molecule has 1 saturated carbocycles. The normalized spacial score (nSPS) is 24.4. The molecule has 1 aliphatic carbocycles. The molecule has 1 aliphatic heterocycles. The minimum Gasteiger partial charge on any atom is -0.444 e. The molecule has 2 aliphatic rings. The Balaban J connectivity index is 2.37. The summed E-state index contributed by atoms with van der Waals surface area (Å²) in [6.07, 6.45) is -5.35. The first kappa shape index (κ1) is 29.6. The Bertz CT molecular complexity index is 880. The highest BCUT2D eigenvalue weighted by molar-refractivity contribution is 5.90. The first-order valence-corrected chi connectivity index (χ1v) is 12.1. The molecule has 1 saturated heterocycles. The number of rotatable bonds is 8. The van der Waals surface area contributed by atoms with Crippen LogP contribution >= 0.6 is 0 Å². The maximum Gasteiger partial charge on any atom is 0.449 e. The van der Waals surface area contributed by atoms with Crippen LogP contribution in [-0.2, 0) is 9.53 Å². The smallest absolute Gasteiger partial charge is 0.444 e. The summed E-state index contributed by atoms with van der Waals surface area (Å²) < 4.78 is 61.4. The van der Waals surface area contributed by atoms with E-state index in [2.05, 4.69) is 22.0 Å². The number of halogens is 4. The predicted octanol–water partition coefficient (Wildman–Crippen LogP) is 4.46. The van der Waals surface area contributed by atoms with Gasteiger partial charge in [-0.15, -0.1) is 0 Å². The van der Waals surface area contributed by atoms with Gasteiger partial charge in [-0.2, -0.15) is 13.2 Å². The van der Waals surface area contributed by atoms with E-state index in [0.29, 0.717) is 0 Å². The zero-order valence-electron chi connectivity index (χ0n) is 21.7. The van der Waals surface area contributed by atoms with Crippen molar-refractivity contribution in [1.29, 1.82) is 0 Å². The fourth-order valence-electron chi connectivity index (χ4n) is 4.19. The van der Waals surface area contributed by atoms with Crippen molar-refractivity contribution in [2.45, 2.75) is 96.5 Å². The molecule has 0 aromatic heterocycles. The van der Waals surface area contributed by atoms with Crippen LogP contribution in [0.15, 0.2) is 21.8 Å². The van der Waals surface area contributed by atoms with Crippen molar-refractivity contribution in [2.24, 2.45) is 15.9 Å². The average molecular weight is 520 g/mol. The minimum atomic E-state index is -4.76. The Kier molecular flexibility index (Phi) is 9.52. The van der Waals surface area contributed by atoms with E-state index in [1.54, 1.807) is 20.8 Å². The van der Waals surface area contributed by atoms with Crippen molar-refractivity contribution >= 4 is 24.6 Å². The second-order valence-electron chi connectivity index (χ2n) is 10.2. The van der Waals surface area contributed by atoms with Gasteiger partial charge in [0.25, 0.3) is 0 Å². The molecular weight excluding hydrogens is 482 g/mol. The van der Waals surface area contributed by atoms with Crippen molar-refractivity contribution in [1.82, 2.24) is 15.1 Å². The lowest BCUT2D eigenvalue weighted by atomic mass is 10.1. The summed E-state index contributed by atoms with van der Waals surface area (Å²) in [7, 11) is 1.19. The Morgan fingerprint density at radius 3 is 2.36 bits per heavy atom. The lowest BCUT2D eigenvalue weighted by molar-refractivity contribution is -0.127. The molecule has 4 atom stereocenters. The molecule has 0 aromatic carbocycles. The third-order valence-corrected chi connectivity index (χ3v) is 6.11. The second kappa shape index (κ2) is 11.6. The van der Waals surface area contributed by atoms with Crippen molar-refractivity contribution < 1.29 is 31.9 Å². The summed E-state index contributed by atoms with van der Waals surface area (Å²) >= 11 is 0. The molecule has 1 N–H and O–H groups in total. The molecule has 2 amide bonds. The van der Waals surface area contributed by atoms with Gasteiger partial charge in [-0.3, -0.25) is 19.7 Å². The van der Waals surface area contributed by atoms with Gasteiger partial charge in [-0.05, 0) is 65.7 Å². The maximum atomic E-state index is 14.6. The number of carbonyl (C=O) groups is 2. The van der Waals surface area contributed by atoms with Gasteiger partial charge in [0.05, 0.1) is 6.04 Å². The Hall–Kier alpha value is -2.66. The summed E-state index contributed by atoms with van der Waals surface area (Å²) in [6, 6.07) is -2.19. The number of likely N-dealkylation sites (tertiary alicyclic amines) is 1. The highest BCUT2D eigenvalue weighted by Crippen LogP contribution is 2.39. The number of ether oxygens (including phenoxy) is 1. The zero-order chi connectivity index (χ0) is 27.4. The molecule has 204 valence electrons. The highest BCUT2D eigenvalue weighted by Gasteiger charge is 2.48. The fraction of sp³-hybridized carbons (Fsp3) is 0.750. The number of alkyl halides is 4. The van der Waals surface area contributed by atoms with Crippen LogP contribution in [0.2, 0.25) is 0 Å². The van der Waals surface area contributed by atoms with Gasteiger partial charge in [0.1, 0.15) is 24.0 Å². The standard InChI is InChI=1S/C24H37F4N5O3/c1-8-30-21(24(26,27)28)32(7)19(11-16(13-29-6)15-9-10-15)31-20(34)18-12-17(25)14(2)33(18)22(35)36-23(3,4)5/h13-15,17-19H,6,8-12H2,1-5,7H3,(H,31,34)/b16-13+,30-21?/t14-,17+,18-,19?/m0/s1. The average Bonchev–Trinajstić information content (AvgIpc) is 3.54. The number of amides is 2. The Morgan fingerprint density at radius 2 is 1.89 bits per heavy atom. The topological polar surface area (TPSA) is 86.6 Å². The van der Waals surface area contributed by atoms with E-state index in [0.717, 1.165) is 28.2 Å². The monoisotopic (exact) mass is 519 g/mol. The molecule has 8 nitrogen and oxygen atoms in total. The van der Waals surface area contributed by atoms with E-state index in [-0.39, 0.29) is 25.3 Å². The molecule has 2 rings (SSSR count). The van der Waals surface area contributed by atoms with Gasteiger partial charge in [0.2, 0.25) is 11.7 Å². The number of hydrogen-bond donors (Lipinski definition) is 1. The number of nitrogens with one attached hydrogen (secondary N) is 1. The van der Waals surface area contributed by atoms with E-state index in [1.165, 1.54) is 27.1 Å². The second-order valence-corrected chi connectivity index (χ2v) is 10.2. The first-order chi connectivity index (χ1) is 16.6. The quantitative estimate of drug-likeness (QED) is 0.222. The van der Waals surface area contributed by atoms with Gasteiger partial charge in [-0.1, -0.05) is 0 Å². The predicted molar refractivity (Wildman–Crippen MR) is 130 cm³/mol. The summed E-state index contributed by atoms with van der Waals surface area (Å²) in [5.74, 6) is -1.78. The van der Waals surface area contributed by atoms with Crippen LogP contribution in [-0.4, -0.2) is 84.1 Å². The number of hydrogen-bond acceptors (Lipinski definition) is 5. The summed E-state index contributed by atoms with van der Waals surface area (Å²) in [5.41, 5.74) is -0.137. The SMILES string of the molecule is C=N/C=C(\CC(NC(=O)[C@@H]1C[C@@H](F)[C@H](C)N1C(=O)OC(C)(C)C)N(C)C(=NCC)C(F)(F)F)C1CC1. The lowest BCUT2D eigenvalue weighted by Crippen LogP contribution is -2.57. The van der Waals surface area contributed by atoms with E-state index in [4.69, 9.17) is 4.74 Å². The van der Waals surface area contributed by atoms with Gasteiger partial charge in [0, 0.05) is 32.6 Å². The van der Waals surface area contributed by atoms with Crippen LogP contribution in [0.4, 0.5) is 22.4 Å². The van der Waals surface area contributed by atoms with Gasteiger partial charge >= 0.3 is 12.3 Å². The summed E-state index contributed by atoms with van der Waals surface area (Å²) in [4.78, 5) is 35.4. The molecule has 0 spiro atoms. The Morgan fingerprint density at radius 1 is 1.28 bits per heavy atom. The fourth-order valence-corrected chi connectivity index (χ4v) is 4.19. The minimum absolute atomic E-state index is 0.0263. The summed E-state index contributed by atoms with van der Waals surface area (Å²) in [5, 5.41) is 2.62. The van der Waals surface area contributed by atoms with Crippen LogP contribution in [0.3, 0.4) is 0 Å². The van der Waals surface area contributed by atoms with E-state index in [9.17, 15) is 27.2 Å². The number of aliphatic imine (C=N–C) groups is 2. The molecule has 1 unspecified atom stereocenters. The number of amidine groups is 1. The van der Waals surface area contributed by atoms with E-state index < -0.39 is 54.0 Å². The van der Waals surface area contributed by atoms with Gasteiger partial charge in [0.15, 0.2) is 0 Å². The van der Waals surface area contributed by atoms with E-state index >= 15 is 0 Å². The van der Waals surface area contributed by atoms with Crippen molar-refractivity contribution in [2.75, 3.05) is 13.6 Å². The molecule has 0 aromatic rings. The van der Waals surface area contributed by atoms with Crippen LogP contribution < -0.4 is 5.32 Å². The van der Waals surface area contributed by atoms with Crippen molar-refractivity contribution in [3.8, 4) is 0 Å². The van der Waals surface area contributed by atoms with Crippen LogP contribution in [0.25, 0.3) is 0 Å². The third kappa shape index (κ3) is 7.67. The molecule has 12 heteroatoms. The third-order valence-electron chi connectivity index (χ3n) is 6.11. The molecule has 36 heavy (non-hydrogen) atoms. The highest BCUT2D eigenvalue weighted by atomic mass is 19.4. The van der Waals surface area contributed by atoms with Crippen molar-refractivity contribution in [3.63, 3.8) is 0 Å². The molecule has 0 bridgehead atoms. The maximum absolute atomic E-state index is 14.6. The summed E-state index contributed by atoms with van der Waals surface area (Å²) in [6.45, 7) is 11.2. The largest absolute Gasteiger partial charge is 0.449 e. The van der Waals surface area contributed by atoms with Crippen molar-refractivity contribution in [3.05, 3.63) is 11.8 Å². The van der Waals surface area contributed by atoms with Crippen LogP contribution in [0.1, 0.15) is 60.3 Å². The van der Waals surface area contributed by atoms with Crippen LogP contribution in [0, 0.1) is 5.92 Å². The van der Waals surface area contributed by atoms with Crippen LogP contribution in [0.5, 0.6) is 0 Å². The van der Waals surface area contributed by atoms with Gasteiger partial charge in [-0.25, -0.2) is 9.18 Å². The zero-order valence-corrected chi connectivity index (χ0v) is 21.7. The first-order valence-electron chi connectivity index (χ1n) is 12.1. The number of nitrogens with zero attached hydrogens (tertiary/aromatic N) is 4.